The van der Waals surface area contributed by atoms with Gasteiger partial charge in [0.05, 0.1) is 10.9 Å². The summed E-state index contributed by atoms with van der Waals surface area (Å²) in [6.07, 6.45) is -4.48. The van der Waals surface area contributed by atoms with Gasteiger partial charge >= 0.3 is 12.1 Å². The lowest BCUT2D eigenvalue weighted by Gasteiger charge is -2.13. The van der Waals surface area contributed by atoms with Crippen molar-refractivity contribution in [3.8, 4) is 11.1 Å². The van der Waals surface area contributed by atoms with Gasteiger partial charge in [-0.1, -0.05) is 53.2 Å². The molecule has 1 atom stereocenters. The standard InChI is InChI=1S/C25H19ClF3N3O3S/c26-19-8-5-17(6-9-19)16-3-1-15(2-4-16)14-36-22(24(34)35)11-12-32-23(33)20-10-7-18(25(27,28)29)13-21(20)30-31-32/h1-10,13,22H,11-12,14H2,(H,34,35). The van der Waals surface area contributed by atoms with Gasteiger partial charge in [-0.2, -0.15) is 13.2 Å². The fourth-order valence-corrected chi connectivity index (χ4v) is 4.68. The highest BCUT2D eigenvalue weighted by Gasteiger charge is 2.31. The number of nitrogens with zero attached hydrogens (tertiary/aromatic N) is 3. The van der Waals surface area contributed by atoms with Gasteiger partial charge in [0.2, 0.25) is 0 Å². The van der Waals surface area contributed by atoms with Crippen LogP contribution in [-0.4, -0.2) is 31.3 Å². The van der Waals surface area contributed by atoms with Gasteiger partial charge in [-0.15, -0.1) is 16.9 Å². The summed E-state index contributed by atoms with van der Waals surface area (Å²) in [5, 5.41) is 16.9. The summed E-state index contributed by atoms with van der Waals surface area (Å²) >= 11 is 7.14. The molecule has 0 aliphatic rings. The van der Waals surface area contributed by atoms with Crippen molar-refractivity contribution in [3.63, 3.8) is 0 Å². The Morgan fingerprint density at radius 2 is 1.67 bits per heavy atom. The van der Waals surface area contributed by atoms with Crippen LogP contribution in [0.4, 0.5) is 13.2 Å². The molecule has 186 valence electrons. The second kappa shape index (κ2) is 10.7. The van der Waals surface area contributed by atoms with E-state index in [9.17, 15) is 27.9 Å². The van der Waals surface area contributed by atoms with E-state index in [2.05, 4.69) is 10.3 Å². The molecule has 3 aromatic carbocycles. The van der Waals surface area contributed by atoms with Crippen LogP contribution in [0.15, 0.2) is 71.5 Å². The lowest BCUT2D eigenvalue weighted by Crippen LogP contribution is -2.28. The second-order valence-electron chi connectivity index (χ2n) is 7.98. The number of halogens is 4. The molecule has 11 heteroatoms. The van der Waals surface area contributed by atoms with E-state index >= 15 is 0 Å². The number of aliphatic carboxylic acids is 1. The monoisotopic (exact) mass is 533 g/mol. The van der Waals surface area contributed by atoms with Crippen molar-refractivity contribution in [1.82, 2.24) is 15.0 Å². The molecule has 1 unspecified atom stereocenters. The van der Waals surface area contributed by atoms with Crippen molar-refractivity contribution in [2.24, 2.45) is 0 Å². The number of benzene rings is 3. The SMILES string of the molecule is O=C(O)C(CCn1nnc2cc(C(F)(F)F)ccc2c1=O)SCc1ccc(-c2ccc(Cl)cc2)cc1. The molecule has 0 radical (unpaired) electrons. The van der Waals surface area contributed by atoms with Crippen LogP contribution in [0.1, 0.15) is 17.5 Å². The first-order chi connectivity index (χ1) is 17.1. The van der Waals surface area contributed by atoms with Crippen molar-refractivity contribution >= 4 is 40.2 Å². The average molecular weight is 534 g/mol. The highest BCUT2D eigenvalue weighted by molar-refractivity contribution is 7.99. The summed E-state index contributed by atoms with van der Waals surface area (Å²) in [4.78, 5) is 24.4. The smallest absolute Gasteiger partial charge is 0.416 e. The van der Waals surface area contributed by atoms with Crippen molar-refractivity contribution in [2.75, 3.05) is 0 Å². The second-order valence-corrected chi connectivity index (χ2v) is 9.61. The number of aromatic nitrogens is 3. The van der Waals surface area contributed by atoms with Gasteiger partial charge in [0.25, 0.3) is 5.56 Å². The van der Waals surface area contributed by atoms with Crippen LogP contribution in [0.3, 0.4) is 0 Å². The summed E-state index contributed by atoms with van der Waals surface area (Å²) in [6.45, 7) is -0.0394. The summed E-state index contributed by atoms with van der Waals surface area (Å²) < 4.78 is 39.7. The zero-order valence-corrected chi connectivity index (χ0v) is 20.1. The van der Waals surface area contributed by atoms with E-state index in [4.69, 9.17) is 11.6 Å². The van der Waals surface area contributed by atoms with Crippen LogP contribution in [0.5, 0.6) is 0 Å². The number of carboxylic acids is 1. The van der Waals surface area contributed by atoms with Gasteiger partial charge in [0.15, 0.2) is 0 Å². The molecule has 0 bridgehead atoms. The number of hydrogen-bond acceptors (Lipinski definition) is 5. The zero-order valence-electron chi connectivity index (χ0n) is 18.6. The van der Waals surface area contributed by atoms with Gasteiger partial charge in [0.1, 0.15) is 10.8 Å². The van der Waals surface area contributed by atoms with Crippen molar-refractivity contribution < 1.29 is 23.1 Å². The van der Waals surface area contributed by atoms with Crippen LogP contribution >= 0.6 is 23.4 Å². The maximum Gasteiger partial charge on any atom is 0.416 e. The fraction of sp³-hybridized carbons (Fsp3) is 0.200. The van der Waals surface area contributed by atoms with Gasteiger partial charge in [-0.25, -0.2) is 4.68 Å². The first-order valence-electron chi connectivity index (χ1n) is 10.8. The molecule has 1 N–H and O–H groups in total. The number of carbonyl (C=O) groups is 1. The Hall–Kier alpha value is -3.37. The molecule has 1 heterocycles. The Kier molecular flexibility index (Phi) is 7.65. The Morgan fingerprint density at radius 3 is 2.28 bits per heavy atom. The molecule has 4 aromatic rings. The minimum Gasteiger partial charge on any atom is -0.480 e. The van der Waals surface area contributed by atoms with Crippen molar-refractivity contribution in [2.45, 2.75) is 30.1 Å². The van der Waals surface area contributed by atoms with Crippen LogP contribution in [0, 0.1) is 0 Å². The molecule has 0 saturated heterocycles. The third-order valence-corrected chi connectivity index (χ3v) is 7.10. The Morgan fingerprint density at radius 1 is 1.03 bits per heavy atom. The van der Waals surface area contributed by atoms with Gasteiger partial charge in [0, 0.05) is 17.3 Å². The number of rotatable bonds is 8. The molecular formula is C25H19ClF3N3O3S. The van der Waals surface area contributed by atoms with E-state index in [1.165, 1.54) is 11.8 Å². The minimum atomic E-state index is -4.56. The van der Waals surface area contributed by atoms with Gasteiger partial charge < -0.3 is 5.11 Å². The zero-order chi connectivity index (χ0) is 25.9. The summed E-state index contributed by atoms with van der Waals surface area (Å²) in [5.74, 6) is -0.592. The predicted molar refractivity (Wildman–Crippen MR) is 133 cm³/mol. The van der Waals surface area contributed by atoms with E-state index in [0.29, 0.717) is 10.8 Å². The van der Waals surface area contributed by atoms with Crippen molar-refractivity contribution in [3.05, 3.63) is 93.2 Å². The fourth-order valence-electron chi connectivity index (χ4n) is 3.55. The van der Waals surface area contributed by atoms with E-state index in [1.54, 1.807) is 0 Å². The van der Waals surface area contributed by atoms with E-state index in [1.807, 2.05) is 48.5 Å². The topological polar surface area (TPSA) is 85.1 Å². The minimum absolute atomic E-state index is 0.0155. The molecule has 1 aromatic heterocycles. The summed E-state index contributed by atoms with van der Waals surface area (Å²) in [6, 6.07) is 17.8. The molecule has 6 nitrogen and oxygen atoms in total. The maximum absolute atomic E-state index is 12.9. The first-order valence-corrected chi connectivity index (χ1v) is 12.2. The molecular weight excluding hydrogens is 515 g/mol. The highest BCUT2D eigenvalue weighted by atomic mass is 35.5. The van der Waals surface area contributed by atoms with Gasteiger partial charge in [-0.05, 0) is 53.4 Å². The summed E-state index contributed by atoms with van der Waals surface area (Å²) in [5.41, 5.74) is 1.24. The molecule has 4 rings (SSSR count). The Labute approximate surface area is 212 Å². The Balaban J connectivity index is 1.41. The molecule has 0 spiro atoms. The largest absolute Gasteiger partial charge is 0.480 e. The van der Waals surface area contributed by atoms with E-state index in [-0.39, 0.29) is 23.9 Å². The lowest BCUT2D eigenvalue weighted by molar-refractivity contribution is -0.138. The number of aryl methyl sites for hydroxylation is 1. The van der Waals surface area contributed by atoms with E-state index in [0.717, 1.165) is 39.6 Å². The number of carboxylic acid groups (broad SMARTS) is 1. The van der Waals surface area contributed by atoms with Crippen LogP contribution in [0.2, 0.25) is 5.02 Å². The number of alkyl halides is 3. The van der Waals surface area contributed by atoms with Crippen molar-refractivity contribution in [1.29, 1.82) is 0 Å². The number of thioether (sulfide) groups is 1. The van der Waals surface area contributed by atoms with Crippen LogP contribution < -0.4 is 5.56 Å². The molecule has 36 heavy (non-hydrogen) atoms. The van der Waals surface area contributed by atoms with Crippen LogP contribution in [0.25, 0.3) is 22.0 Å². The molecule has 0 aliphatic heterocycles. The normalized spacial score (nSPS) is 12.6. The van der Waals surface area contributed by atoms with Gasteiger partial charge in [-0.3, -0.25) is 9.59 Å². The number of fused-ring (bicyclic) bond motifs is 1. The molecule has 0 fully saturated rings. The van der Waals surface area contributed by atoms with Crippen LogP contribution in [-0.2, 0) is 23.3 Å². The Bertz CT molecular complexity index is 1440. The van der Waals surface area contributed by atoms with E-state index < -0.39 is 28.5 Å². The first kappa shape index (κ1) is 25.7. The molecule has 0 amide bonds. The molecule has 0 aliphatic carbocycles. The predicted octanol–water partition coefficient (Wildman–Crippen LogP) is 5.91. The lowest BCUT2D eigenvalue weighted by atomic mass is 10.0. The highest BCUT2D eigenvalue weighted by Crippen LogP contribution is 2.30. The third-order valence-electron chi connectivity index (χ3n) is 5.51. The quantitative estimate of drug-likeness (QED) is 0.303. The number of hydrogen-bond donors (Lipinski definition) is 1. The third kappa shape index (κ3) is 6.06. The maximum atomic E-state index is 12.9. The summed E-state index contributed by atoms with van der Waals surface area (Å²) in [7, 11) is 0. The molecule has 0 saturated carbocycles. The average Bonchev–Trinajstić information content (AvgIpc) is 2.85.